The lowest BCUT2D eigenvalue weighted by Crippen LogP contribution is -2.37. The maximum absolute atomic E-state index is 13.6. The summed E-state index contributed by atoms with van der Waals surface area (Å²) in [6.45, 7) is 0.945. The average molecular weight is 268 g/mol. The van der Waals surface area contributed by atoms with Crippen LogP contribution in [0.4, 0.5) is 4.39 Å². The Kier molecular flexibility index (Phi) is 3.86. The Hall–Kier alpha value is -1.56. The van der Waals surface area contributed by atoms with Crippen molar-refractivity contribution in [3.8, 4) is 0 Å². The molecule has 0 spiro atoms. The van der Waals surface area contributed by atoms with Crippen molar-refractivity contribution in [2.24, 2.45) is 0 Å². The number of carbonyl (C=O) groups excluding carboxylic acids is 2. The van der Waals surface area contributed by atoms with Crippen molar-refractivity contribution in [1.29, 1.82) is 0 Å². The molecule has 1 aliphatic rings. The topological polar surface area (TPSA) is 49.4 Å². The van der Waals surface area contributed by atoms with Crippen molar-refractivity contribution in [2.45, 2.75) is 11.3 Å². The number of halogens is 1. The van der Waals surface area contributed by atoms with Gasteiger partial charge in [0.2, 0.25) is 5.91 Å². The van der Waals surface area contributed by atoms with E-state index in [4.69, 9.17) is 0 Å². The fourth-order valence-corrected chi connectivity index (χ4v) is 2.03. The molecule has 0 saturated carbocycles. The zero-order chi connectivity index (χ0) is 13.1. The number of amides is 2. The van der Waals surface area contributed by atoms with E-state index in [2.05, 4.69) is 17.9 Å². The standard InChI is InChI=1S/C12H13FN2O2S/c13-10-3-2-8(18)6-9(10)12(17)15-5-1-4-14-11(16)7-15/h2-3,6,18H,1,4-5,7H2,(H,14,16). The largest absolute Gasteiger partial charge is 0.354 e. The fourth-order valence-electron chi connectivity index (χ4n) is 1.83. The van der Waals surface area contributed by atoms with Crippen molar-refractivity contribution in [3.05, 3.63) is 29.6 Å². The highest BCUT2D eigenvalue weighted by Crippen LogP contribution is 2.16. The molecule has 1 aromatic rings. The van der Waals surface area contributed by atoms with Gasteiger partial charge in [0.05, 0.1) is 12.1 Å². The van der Waals surface area contributed by atoms with Gasteiger partial charge in [0.15, 0.2) is 0 Å². The van der Waals surface area contributed by atoms with Crippen molar-refractivity contribution >= 4 is 24.4 Å². The van der Waals surface area contributed by atoms with E-state index in [1.807, 2.05) is 0 Å². The molecule has 1 heterocycles. The second-order valence-corrected chi connectivity index (χ2v) is 4.61. The molecule has 1 saturated heterocycles. The van der Waals surface area contributed by atoms with Crippen molar-refractivity contribution in [2.75, 3.05) is 19.6 Å². The lowest BCUT2D eigenvalue weighted by molar-refractivity contribution is -0.121. The molecule has 18 heavy (non-hydrogen) atoms. The molecular formula is C12H13FN2O2S. The highest BCUT2D eigenvalue weighted by Gasteiger charge is 2.23. The van der Waals surface area contributed by atoms with Crippen molar-refractivity contribution in [3.63, 3.8) is 0 Å². The van der Waals surface area contributed by atoms with Crippen molar-refractivity contribution < 1.29 is 14.0 Å². The van der Waals surface area contributed by atoms with E-state index in [9.17, 15) is 14.0 Å². The van der Waals surface area contributed by atoms with Crippen LogP contribution in [0.1, 0.15) is 16.8 Å². The molecule has 1 N–H and O–H groups in total. The Morgan fingerprint density at radius 3 is 3.00 bits per heavy atom. The number of rotatable bonds is 1. The van der Waals surface area contributed by atoms with Crippen LogP contribution in [0.15, 0.2) is 23.1 Å². The lowest BCUT2D eigenvalue weighted by atomic mass is 10.2. The molecule has 1 aliphatic heterocycles. The first kappa shape index (κ1) is 12.9. The van der Waals surface area contributed by atoms with Gasteiger partial charge < -0.3 is 10.2 Å². The third kappa shape index (κ3) is 2.81. The van der Waals surface area contributed by atoms with Gasteiger partial charge in [0.25, 0.3) is 5.91 Å². The van der Waals surface area contributed by atoms with Crippen LogP contribution in [-0.2, 0) is 4.79 Å². The van der Waals surface area contributed by atoms with E-state index in [1.54, 1.807) is 0 Å². The van der Waals surface area contributed by atoms with Crippen LogP contribution in [0, 0.1) is 5.82 Å². The smallest absolute Gasteiger partial charge is 0.257 e. The van der Waals surface area contributed by atoms with Crippen LogP contribution >= 0.6 is 12.6 Å². The summed E-state index contributed by atoms with van der Waals surface area (Å²) >= 11 is 4.08. The monoisotopic (exact) mass is 268 g/mol. The predicted molar refractivity (Wildman–Crippen MR) is 67.2 cm³/mol. The van der Waals surface area contributed by atoms with Gasteiger partial charge in [-0.05, 0) is 24.6 Å². The maximum Gasteiger partial charge on any atom is 0.257 e. The van der Waals surface area contributed by atoms with Crippen LogP contribution in [0.25, 0.3) is 0 Å². The van der Waals surface area contributed by atoms with Crippen LogP contribution in [0.3, 0.4) is 0 Å². The highest BCUT2D eigenvalue weighted by molar-refractivity contribution is 7.80. The summed E-state index contributed by atoms with van der Waals surface area (Å²) in [7, 11) is 0. The minimum Gasteiger partial charge on any atom is -0.354 e. The molecule has 96 valence electrons. The van der Waals surface area contributed by atoms with Crippen molar-refractivity contribution in [1.82, 2.24) is 10.2 Å². The molecule has 0 unspecified atom stereocenters. The SMILES string of the molecule is O=C1CN(C(=O)c2cc(S)ccc2F)CCCN1. The minimum atomic E-state index is -0.595. The second-order valence-electron chi connectivity index (χ2n) is 4.09. The van der Waals surface area contributed by atoms with Crippen LogP contribution in [0.2, 0.25) is 0 Å². The normalized spacial score (nSPS) is 16.1. The van der Waals surface area contributed by atoms with Gasteiger partial charge in [-0.2, -0.15) is 0 Å². The third-order valence-corrected chi connectivity index (χ3v) is 3.01. The predicted octanol–water partition coefficient (Wildman–Crippen LogP) is 1.08. The van der Waals surface area contributed by atoms with Gasteiger partial charge in [-0.25, -0.2) is 4.39 Å². The second kappa shape index (κ2) is 5.39. The molecule has 2 amide bonds. The summed E-state index contributed by atoms with van der Waals surface area (Å²) in [5.74, 6) is -1.29. The average Bonchev–Trinajstić information content (AvgIpc) is 2.56. The summed E-state index contributed by atoms with van der Waals surface area (Å²) in [6.07, 6.45) is 0.666. The Bertz CT molecular complexity index is 493. The van der Waals surface area contributed by atoms with E-state index >= 15 is 0 Å². The number of hydrogen-bond acceptors (Lipinski definition) is 3. The molecule has 1 fully saturated rings. The van der Waals surface area contributed by atoms with Crippen LogP contribution in [-0.4, -0.2) is 36.3 Å². The lowest BCUT2D eigenvalue weighted by Gasteiger charge is -2.19. The Labute approximate surface area is 110 Å². The summed E-state index contributed by atoms with van der Waals surface area (Å²) < 4.78 is 13.6. The van der Waals surface area contributed by atoms with Gasteiger partial charge in [0.1, 0.15) is 5.82 Å². The van der Waals surface area contributed by atoms with E-state index in [-0.39, 0.29) is 18.0 Å². The van der Waals surface area contributed by atoms with E-state index < -0.39 is 11.7 Å². The van der Waals surface area contributed by atoms with Gasteiger partial charge in [-0.3, -0.25) is 9.59 Å². The Morgan fingerprint density at radius 1 is 1.44 bits per heavy atom. The summed E-state index contributed by atoms with van der Waals surface area (Å²) in [6, 6.07) is 4.06. The molecular weight excluding hydrogens is 255 g/mol. The first-order chi connectivity index (χ1) is 8.58. The van der Waals surface area contributed by atoms with Gasteiger partial charge in [-0.1, -0.05) is 0 Å². The molecule has 0 radical (unpaired) electrons. The number of hydrogen-bond donors (Lipinski definition) is 2. The van der Waals surface area contributed by atoms with E-state index in [1.165, 1.54) is 23.1 Å². The highest BCUT2D eigenvalue weighted by atomic mass is 32.1. The molecule has 4 nitrogen and oxygen atoms in total. The number of carbonyl (C=O) groups is 2. The molecule has 0 aliphatic carbocycles. The zero-order valence-corrected chi connectivity index (χ0v) is 10.5. The molecule has 0 aromatic heterocycles. The number of nitrogens with one attached hydrogen (secondary N) is 1. The maximum atomic E-state index is 13.6. The van der Waals surface area contributed by atoms with Gasteiger partial charge >= 0.3 is 0 Å². The van der Waals surface area contributed by atoms with E-state index in [0.29, 0.717) is 24.4 Å². The quantitative estimate of drug-likeness (QED) is 0.749. The molecule has 6 heteroatoms. The first-order valence-corrected chi connectivity index (χ1v) is 6.07. The number of thiol groups is 1. The van der Waals surface area contributed by atoms with Crippen LogP contribution in [0.5, 0.6) is 0 Å². The molecule has 1 aromatic carbocycles. The minimum absolute atomic E-state index is 0.0327. The third-order valence-electron chi connectivity index (χ3n) is 2.73. The van der Waals surface area contributed by atoms with Gasteiger partial charge in [-0.15, -0.1) is 12.6 Å². The number of nitrogens with zero attached hydrogens (tertiary/aromatic N) is 1. The summed E-state index contributed by atoms with van der Waals surface area (Å²) in [5.41, 5.74) is -0.0443. The number of benzene rings is 1. The Morgan fingerprint density at radius 2 is 2.22 bits per heavy atom. The fraction of sp³-hybridized carbons (Fsp3) is 0.333. The summed E-state index contributed by atoms with van der Waals surface area (Å²) in [5, 5.41) is 2.67. The van der Waals surface area contributed by atoms with Crippen LogP contribution < -0.4 is 5.32 Å². The molecule has 2 rings (SSSR count). The van der Waals surface area contributed by atoms with E-state index in [0.717, 1.165) is 0 Å². The Balaban J connectivity index is 2.24. The molecule has 0 atom stereocenters. The zero-order valence-electron chi connectivity index (χ0n) is 9.65. The first-order valence-electron chi connectivity index (χ1n) is 5.62. The van der Waals surface area contributed by atoms with Gasteiger partial charge in [0, 0.05) is 18.0 Å². The summed E-state index contributed by atoms with van der Waals surface area (Å²) in [4.78, 5) is 25.4. The molecule has 0 bridgehead atoms.